The van der Waals surface area contributed by atoms with Gasteiger partial charge in [-0.05, 0) is 18.8 Å². The molecule has 0 bridgehead atoms. The summed E-state index contributed by atoms with van der Waals surface area (Å²) in [5.41, 5.74) is 0. The Morgan fingerprint density at radius 3 is 2.71 bits per heavy atom. The molecule has 1 heterocycles. The van der Waals surface area contributed by atoms with E-state index in [1.165, 1.54) is 0 Å². The minimum absolute atomic E-state index is 0.0118. The van der Waals surface area contributed by atoms with E-state index in [4.69, 9.17) is 0 Å². The Morgan fingerprint density at radius 1 is 1.41 bits per heavy atom. The van der Waals surface area contributed by atoms with E-state index < -0.39 is 0 Å². The second-order valence-corrected chi connectivity index (χ2v) is 6.24. The zero-order valence-electron chi connectivity index (χ0n) is 10.4. The summed E-state index contributed by atoms with van der Waals surface area (Å²) in [5, 5.41) is 2.92. The third kappa shape index (κ3) is 3.15. The van der Waals surface area contributed by atoms with Gasteiger partial charge >= 0.3 is 0 Å². The molecule has 2 fully saturated rings. The maximum Gasteiger partial charge on any atom is 0.243 e. The summed E-state index contributed by atoms with van der Waals surface area (Å²) in [4.78, 5) is 25.7. The average molecular weight is 256 g/mol. The number of carbonyl (C=O) groups excluding carboxylic acids is 2. The lowest BCUT2D eigenvalue weighted by atomic mass is 10.2. The van der Waals surface area contributed by atoms with Gasteiger partial charge < -0.3 is 10.2 Å². The molecule has 0 unspecified atom stereocenters. The molecule has 0 aromatic heterocycles. The molecule has 0 aromatic carbocycles. The fourth-order valence-electron chi connectivity index (χ4n) is 1.86. The Hall–Kier alpha value is -0.710. The first-order valence-electron chi connectivity index (χ1n) is 6.25. The molecule has 4 nitrogen and oxygen atoms in total. The summed E-state index contributed by atoms with van der Waals surface area (Å²) >= 11 is 1.67. The highest BCUT2D eigenvalue weighted by molar-refractivity contribution is 7.99. The van der Waals surface area contributed by atoms with Crippen LogP contribution in [0.1, 0.15) is 26.7 Å². The lowest BCUT2D eigenvalue weighted by Gasteiger charge is -2.23. The first-order valence-corrected chi connectivity index (χ1v) is 7.41. The first kappa shape index (κ1) is 12.7. The molecule has 5 heteroatoms. The van der Waals surface area contributed by atoms with Gasteiger partial charge in [0.05, 0.1) is 5.88 Å². The molecule has 1 aliphatic heterocycles. The van der Waals surface area contributed by atoms with Crippen molar-refractivity contribution >= 4 is 23.6 Å². The smallest absolute Gasteiger partial charge is 0.243 e. The van der Waals surface area contributed by atoms with Gasteiger partial charge in [0, 0.05) is 18.2 Å². The molecule has 2 rings (SSSR count). The van der Waals surface area contributed by atoms with Crippen molar-refractivity contribution in [2.45, 2.75) is 32.7 Å². The molecule has 1 saturated carbocycles. The van der Waals surface area contributed by atoms with E-state index in [-0.39, 0.29) is 23.8 Å². The van der Waals surface area contributed by atoms with Gasteiger partial charge in [-0.1, -0.05) is 13.8 Å². The van der Waals surface area contributed by atoms with Crippen molar-refractivity contribution in [1.29, 1.82) is 0 Å². The molecular formula is C12H20N2O2S. The molecule has 1 saturated heterocycles. The van der Waals surface area contributed by atoms with E-state index >= 15 is 0 Å². The Bertz CT molecular complexity index is 316. The largest absolute Gasteiger partial charge is 0.354 e. The maximum absolute atomic E-state index is 12.0. The first-order chi connectivity index (χ1) is 8.09. The number of amides is 2. The van der Waals surface area contributed by atoms with Gasteiger partial charge in [0.15, 0.2) is 0 Å². The standard InChI is InChI=1S/C12H20N2O2S/c1-8(2)5-13-11(15)10-6-17-7-14(10)12(16)9-3-4-9/h8-10H,3-7H2,1-2H3,(H,13,15)/t10-/m1/s1. The van der Waals surface area contributed by atoms with Gasteiger partial charge in [-0.15, -0.1) is 11.8 Å². The average Bonchev–Trinajstić information content (AvgIpc) is 3.02. The molecule has 1 aliphatic carbocycles. The van der Waals surface area contributed by atoms with Crippen LogP contribution >= 0.6 is 11.8 Å². The van der Waals surface area contributed by atoms with Crippen molar-refractivity contribution in [3.8, 4) is 0 Å². The predicted octanol–water partition coefficient (Wildman–Crippen LogP) is 1.07. The van der Waals surface area contributed by atoms with Crippen molar-refractivity contribution in [1.82, 2.24) is 10.2 Å². The minimum Gasteiger partial charge on any atom is -0.354 e. The van der Waals surface area contributed by atoms with Crippen LogP contribution in [-0.4, -0.2) is 40.9 Å². The quantitative estimate of drug-likeness (QED) is 0.818. The van der Waals surface area contributed by atoms with E-state index in [1.807, 2.05) is 0 Å². The summed E-state index contributed by atoms with van der Waals surface area (Å²) in [7, 11) is 0. The van der Waals surface area contributed by atoms with Crippen molar-refractivity contribution in [3.05, 3.63) is 0 Å². The topological polar surface area (TPSA) is 49.4 Å². The van der Waals surface area contributed by atoms with Crippen molar-refractivity contribution in [2.24, 2.45) is 11.8 Å². The van der Waals surface area contributed by atoms with Crippen LogP contribution in [0.3, 0.4) is 0 Å². The van der Waals surface area contributed by atoms with E-state index in [0.29, 0.717) is 18.3 Å². The molecule has 17 heavy (non-hydrogen) atoms. The zero-order valence-corrected chi connectivity index (χ0v) is 11.3. The highest BCUT2D eigenvalue weighted by Crippen LogP contribution is 2.34. The van der Waals surface area contributed by atoms with Crippen LogP contribution in [0, 0.1) is 11.8 Å². The van der Waals surface area contributed by atoms with Gasteiger partial charge in [-0.25, -0.2) is 0 Å². The van der Waals surface area contributed by atoms with E-state index in [2.05, 4.69) is 19.2 Å². The monoisotopic (exact) mass is 256 g/mol. The minimum atomic E-state index is -0.244. The molecule has 2 amide bonds. The van der Waals surface area contributed by atoms with Crippen LogP contribution < -0.4 is 5.32 Å². The van der Waals surface area contributed by atoms with Crippen molar-refractivity contribution < 1.29 is 9.59 Å². The fraction of sp³-hybridized carbons (Fsp3) is 0.833. The number of thioether (sulfide) groups is 1. The van der Waals surface area contributed by atoms with Crippen LogP contribution in [0.5, 0.6) is 0 Å². The second-order valence-electron chi connectivity index (χ2n) is 5.24. The van der Waals surface area contributed by atoms with Crippen molar-refractivity contribution in [3.63, 3.8) is 0 Å². The highest BCUT2D eigenvalue weighted by atomic mass is 32.2. The van der Waals surface area contributed by atoms with Crippen LogP contribution in [-0.2, 0) is 9.59 Å². The molecule has 0 spiro atoms. The third-order valence-corrected chi connectivity index (χ3v) is 4.09. The number of hydrogen-bond acceptors (Lipinski definition) is 3. The van der Waals surface area contributed by atoms with Crippen LogP contribution in [0.25, 0.3) is 0 Å². The molecule has 1 N–H and O–H groups in total. The van der Waals surface area contributed by atoms with E-state index in [9.17, 15) is 9.59 Å². The van der Waals surface area contributed by atoms with Crippen molar-refractivity contribution in [2.75, 3.05) is 18.2 Å². The predicted molar refractivity (Wildman–Crippen MR) is 68.5 cm³/mol. The lowest BCUT2D eigenvalue weighted by molar-refractivity contribution is -0.139. The Morgan fingerprint density at radius 2 is 2.12 bits per heavy atom. The number of nitrogens with zero attached hydrogens (tertiary/aromatic N) is 1. The number of carbonyl (C=O) groups is 2. The molecule has 0 aromatic rings. The Labute approximate surface area is 106 Å². The summed E-state index contributed by atoms with van der Waals surface area (Å²) in [6.07, 6.45) is 2.00. The van der Waals surface area contributed by atoms with Gasteiger partial charge in [-0.2, -0.15) is 0 Å². The third-order valence-electron chi connectivity index (χ3n) is 3.08. The van der Waals surface area contributed by atoms with Crippen LogP contribution in [0.2, 0.25) is 0 Å². The number of rotatable bonds is 4. The van der Waals surface area contributed by atoms with Gasteiger partial charge in [-0.3, -0.25) is 9.59 Å². The summed E-state index contributed by atoms with van der Waals surface area (Å²) in [5.74, 6) is 2.25. The summed E-state index contributed by atoms with van der Waals surface area (Å²) < 4.78 is 0. The lowest BCUT2D eigenvalue weighted by Crippen LogP contribution is -2.48. The molecule has 96 valence electrons. The fourth-order valence-corrected chi connectivity index (χ4v) is 3.03. The van der Waals surface area contributed by atoms with Gasteiger partial charge in [0.2, 0.25) is 11.8 Å². The number of hydrogen-bond donors (Lipinski definition) is 1. The molecule has 2 aliphatic rings. The maximum atomic E-state index is 12.0. The zero-order chi connectivity index (χ0) is 12.4. The van der Waals surface area contributed by atoms with Gasteiger partial charge in [0.1, 0.15) is 6.04 Å². The normalized spacial score (nSPS) is 24.2. The molecular weight excluding hydrogens is 236 g/mol. The highest BCUT2D eigenvalue weighted by Gasteiger charge is 2.41. The summed E-state index contributed by atoms with van der Waals surface area (Å²) in [6, 6.07) is -0.244. The SMILES string of the molecule is CC(C)CNC(=O)[C@H]1CSCN1C(=O)C1CC1. The Kier molecular flexibility index (Phi) is 3.97. The second kappa shape index (κ2) is 5.29. The van der Waals surface area contributed by atoms with E-state index in [1.54, 1.807) is 16.7 Å². The summed E-state index contributed by atoms with van der Waals surface area (Å²) in [6.45, 7) is 4.82. The molecule has 1 atom stereocenters. The Balaban J connectivity index is 1.89. The molecule has 0 radical (unpaired) electrons. The van der Waals surface area contributed by atoms with E-state index in [0.717, 1.165) is 18.6 Å². The van der Waals surface area contributed by atoms with Crippen LogP contribution in [0.15, 0.2) is 0 Å². The van der Waals surface area contributed by atoms with Crippen LogP contribution in [0.4, 0.5) is 0 Å². The van der Waals surface area contributed by atoms with Gasteiger partial charge in [0.25, 0.3) is 0 Å². The number of nitrogens with one attached hydrogen (secondary N) is 1.